The Labute approximate surface area is 198 Å². The highest BCUT2D eigenvalue weighted by molar-refractivity contribution is 6.31. The van der Waals surface area contributed by atoms with Crippen LogP contribution in [0.15, 0.2) is 51.9 Å². The van der Waals surface area contributed by atoms with Crippen molar-refractivity contribution < 1.29 is 9.21 Å². The molecule has 0 aliphatic carbocycles. The van der Waals surface area contributed by atoms with Gasteiger partial charge in [0.2, 0.25) is 0 Å². The molecule has 0 saturated heterocycles. The zero-order valence-electron chi connectivity index (χ0n) is 18.3. The number of anilines is 1. The number of benzene rings is 2. The lowest BCUT2D eigenvalue weighted by Gasteiger charge is -2.07. The number of fused-ring (bicyclic) bond motifs is 2. The number of oxazole rings is 1. The van der Waals surface area contributed by atoms with E-state index in [0.717, 1.165) is 16.7 Å². The first kappa shape index (κ1) is 21.7. The van der Waals surface area contributed by atoms with Crippen molar-refractivity contribution >= 4 is 45.5 Å². The fourth-order valence-electron chi connectivity index (χ4n) is 3.61. The lowest BCUT2D eigenvalue weighted by Crippen LogP contribution is -2.24. The van der Waals surface area contributed by atoms with E-state index in [9.17, 15) is 9.59 Å². The third-order valence-electron chi connectivity index (χ3n) is 5.57. The largest absolute Gasteiger partial charge is 0.419 e. The first-order valence-electron chi connectivity index (χ1n) is 10.5. The molecule has 3 N–H and O–H groups in total. The number of hydrogen-bond donors (Lipinski definition) is 3. The number of halogens is 1. The van der Waals surface area contributed by atoms with E-state index in [-0.39, 0.29) is 12.2 Å². The Morgan fingerprint density at radius 3 is 2.74 bits per heavy atom. The monoisotopic (exact) mass is 477 g/mol. The van der Waals surface area contributed by atoms with Crippen molar-refractivity contribution in [2.45, 2.75) is 20.0 Å². The molecule has 0 fully saturated rings. The molecule has 0 radical (unpaired) electrons. The second-order valence-electron chi connectivity index (χ2n) is 7.87. The van der Waals surface area contributed by atoms with Gasteiger partial charge in [-0.1, -0.05) is 29.8 Å². The van der Waals surface area contributed by atoms with Gasteiger partial charge in [-0.25, -0.2) is 14.8 Å². The van der Waals surface area contributed by atoms with Crippen molar-refractivity contribution in [1.29, 1.82) is 0 Å². The molecule has 172 valence electrons. The van der Waals surface area contributed by atoms with E-state index < -0.39 is 11.7 Å². The number of nitrogens with zero attached hydrogens (tertiary/aromatic N) is 4. The number of rotatable bonds is 6. The second kappa shape index (κ2) is 8.64. The van der Waals surface area contributed by atoms with Gasteiger partial charge in [0.25, 0.3) is 5.91 Å². The van der Waals surface area contributed by atoms with Crippen molar-refractivity contribution in [2.24, 2.45) is 7.05 Å². The Morgan fingerprint density at radius 1 is 1.12 bits per heavy atom. The smallest absolute Gasteiger partial charge is 0.408 e. The van der Waals surface area contributed by atoms with Gasteiger partial charge >= 0.3 is 5.76 Å². The van der Waals surface area contributed by atoms with E-state index in [1.54, 1.807) is 25.2 Å². The van der Waals surface area contributed by atoms with E-state index in [1.165, 1.54) is 10.9 Å². The fraction of sp³-hybridized carbons (Fsp3) is 0.174. The molecule has 5 aromatic rings. The molecule has 0 bridgehead atoms. The van der Waals surface area contributed by atoms with Crippen molar-refractivity contribution in [3.63, 3.8) is 0 Å². The van der Waals surface area contributed by atoms with Crippen LogP contribution in [0.3, 0.4) is 0 Å². The second-order valence-corrected chi connectivity index (χ2v) is 8.27. The maximum atomic E-state index is 12.9. The molecule has 0 spiro atoms. The quantitative estimate of drug-likeness (QED) is 0.342. The topological polar surface area (TPSA) is 131 Å². The number of aromatic amines is 1. The summed E-state index contributed by atoms with van der Waals surface area (Å²) in [5, 5.41) is 13.9. The first-order chi connectivity index (χ1) is 16.4. The standard InChI is InChI=1S/C23H20ClN7O3/c1-12-3-4-13(7-15(12)24)9-25-21-19-18(29-30-21)20(28-11-27-19)22(32)26-10-14-5-6-17-16(8-14)31(2)23(33)34-17/h3-8,11H,9-10H2,1-2H3,(H,26,32)(H2,25,29,30). The fourth-order valence-corrected chi connectivity index (χ4v) is 3.81. The third-order valence-corrected chi connectivity index (χ3v) is 5.98. The highest BCUT2D eigenvalue weighted by Gasteiger charge is 2.18. The zero-order valence-corrected chi connectivity index (χ0v) is 19.1. The van der Waals surface area contributed by atoms with Crippen molar-refractivity contribution in [2.75, 3.05) is 5.32 Å². The minimum Gasteiger partial charge on any atom is -0.408 e. The van der Waals surface area contributed by atoms with Gasteiger partial charge in [0, 0.05) is 25.2 Å². The van der Waals surface area contributed by atoms with Crippen LogP contribution in [0.4, 0.5) is 5.82 Å². The molecule has 10 nitrogen and oxygen atoms in total. The lowest BCUT2D eigenvalue weighted by molar-refractivity contribution is 0.0947. The van der Waals surface area contributed by atoms with Crippen molar-refractivity contribution in [1.82, 2.24) is 30.0 Å². The first-order valence-corrected chi connectivity index (χ1v) is 10.8. The van der Waals surface area contributed by atoms with E-state index in [2.05, 4.69) is 30.8 Å². The molecule has 0 aliphatic heterocycles. The summed E-state index contributed by atoms with van der Waals surface area (Å²) >= 11 is 6.20. The molecule has 1 amide bonds. The number of amides is 1. The van der Waals surface area contributed by atoms with Crippen LogP contribution >= 0.6 is 11.6 Å². The van der Waals surface area contributed by atoms with Gasteiger partial charge in [0.1, 0.15) is 23.2 Å². The normalized spacial score (nSPS) is 11.3. The highest BCUT2D eigenvalue weighted by atomic mass is 35.5. The van der Waals surface area contributed by atoms with Crippen LogP contribution in [0.5, 0.6) is 0 Å². The number of H-pyrrole nitrogens is 1. The minimum absolute atomic E-state index is 0.157. The number of nitrogens with one attached hydrogen (secondary N) is 3. The Balaban J connectivity index is 1.32. The molecule has 3 heterocycles. The Morgan fingerprint density at radius 2 is 1.91 bits per heavy atom. The SMILES string of the molecule is Cc1ccc(CNc2[nH]nc3c(C(=O)NCc4ccc5oc(=O)n(C)c5c4)ncnc23)cc1Cl. The predicted molar refractivity (Wildman–Crippen MR) is 128 cm³/mol. The number of aryl methyl sites for hydroxylation is 2. The number of carbonyl (C=O) groups is 1. The summed E-state index contributed by atoms with van der Waals surface area (Å²) in [6, 6.07) is 11.1. The van der Waals surface area contributed by atoms with E-state index in [0.29, 0.717) is 39.5 Å². The van der Waals surface area contributed by atoms with Crippen LogP contribution in [0, 0.1) is 6.92 Å². The van der Waals surface area contributed by atoms with E-state index >= 15 is 0 Å². The molecular formula is C23H20ClN7O3. The molecule has 0 unspecified atom stereocenters. The van der Waals surface area contributed by atoms with Gasteiger partial charge in [-0.2, -0.15) is 5.10 Å². The molecule has 11 heteroatoms. The highest BCUT2D eigenvalue weighted by Crippen LogP contribution is 2.22. The maximum absolute atomic E-state index is 12.9. The molecular weight excluding hydrogens is 458 g/mol. The summed E-state index contributed by atoms with van der Waals surface area (Å²) in [6.07, 6.45) is 1.33. The van der Waals surface area contributed by atoms with Gasteiger partial charge in [-0.3, -0.25) is 14.5 Å². The lowest BCUT2D eigenvalue weighted by atomic mass is 10.1. The number of aromatic nitrogens is 5. The average molecular weight is 478 g/mol. The minimum atomic E-state index is -0.437. The summed E-state index contributed by atoms with van der Waals surface area (Å²) in [6.45, 7) is 2.69. The van der Waals surface area contributed by atoms with Crippen LogP contribution in [0.25, 0.3) is 22.1 Å². The molecule has 0 saturated carbocycles. The maximum Gasteiger partial charge on any atom is 0.419 e. The summed E-state index contributed by atoms with van der Waals surface area (Å²) in [5.41, 5.74) is 4.98. The van der Waals surface area contributed by atoms with Gasteiger partial charge in [0.05, 0.1) is 5.52 Å². The van der Waals surface area contributed by atoms with Gasteiger partial charge in [-0.05, 0) is 41.8 Å². The molecule has 0 aliphatic rings. The van der Waals surface area contributed by atoms with Crippen molar-refractivity contribution in [3.8, 4) is 0 Å². The average Bonchev–Trinajstić information content (AvgIpc) is 3.38. The van der Waals surface area contributed by atoms with Gasteiger partial charge in [-0.15, -0.1) is 0 Å². The molecule has 34 heavy (non-hydrogen) atoms. The number of carbonyl (C=O) groups excluding carboxylic acids is 1. The molecule has 5 rings (SSSR count). The van der Waals surface area contributed by atoms with Crippen LogP contribution in [0.2, 0.25) is 5.02 Å². The van der Waals surface area contributed by atoms with Gasteiger partial charge in [0.15, 0.2) is 11.3 Å². The van der Waals surface area contributed by atoms with E-state index in [1.807, 2.05) is 25.1 Å². The van der Waals surface area contributed by atoms with Gasteiger partial charge < -0.3 is 15.1 Å². The van der Waals surface area contributed by atoms with Crippen LogP contribution < -0.4 is 16.4 Å². The molecule has 0 atom stereocenters. The summed E-state index contributed by atoms with van der Waals surface area (Å²) < 4.78 is 6.55. The molecule has 2 aromatic carbocycles. The summed E-state index contributed by atoms with van der Waals surface area (Å²) in [7, 11) is 1.63. The van der Waals surface area contributed by atoms with Crippen molar-refractivity contribution in [3.05, 3.63) is 80.7 Å². The van der Waals surface area contributed by atoms with Crippen LogP contribution in [-0.2, 0) is 20.1 Å². The Bertz CT molecular complexity index is 1600. The van der Waals surface area contributed by atoms with Crippen LogP contribution in [0.1, 0.15) is 27.2 Å². The van der Waals surface area contributed by atoms with Crippen LogP contribution in [-0.4, -0.2) is 30.6 Å². The summed E-state index contributed by atoms with van der Waals surface area (Å²) in [5.74, 6) is -0.251. The Kier molecular flexibility index (Phi) is 5.50. The Hall–Kier alpha value is -4.18. The molecule has 3 aromatic heterocycles. The number of hydrogen-bond acceptors (Lipinski definition) is 7. The predicted octanol–water partition coefficient (Wildman–Crippen LogP) is 3.30. The zero-order chi connectivity index (χ0) is 23.8. The third kappa shape index (κ3) is 3.99. The van der Waals surface area contributed by atoms with E-state index in [4.69, 9.17) is 16.0 Å². The summed E-state index contributed by atoms with van der Waals surface area (Å²) in [4.78, 5) is 32.9.